The lowest BCUT2D eigenvalue weighted by molar-refractivity contribution is -0.538. The maximum atomic E-state index is 4.90. The first kappa shape index (κ1) is 18.2. The lowest BCUT2D eigenvalue weighted by atomic mass is 10.1. The van der Waals surface area contributed by atoms with Crippen LogP contribution < -0.4 is 4.57 Å². The minimum Gasteiger partial charge on any atom is -0.256 e. The van der Waals surface area contributed by atoms with Crippen LogP contribution in [0, 0.1) is 13.8 Å². The van der Waals surface area contributed by atoms with Crippen LogP contribution in [0.2, 0.25) is 0 Å². The predicted octanol–water partition coefficient (Wildman–Crippen LogP) is 6.03. The fraction of sp³-hybridized carbons (Fsp3) is 0.0741. The van der Waals surface area contributed by atoms with Gasteiger partial charge in [0.15, 0.2) is 0 Å². The second-order valence-electron chi connectivity index (χ2n) is 7.62. The highest BCUT2D eigenvalue weighted by Gasteiger charge is 2.19. The van der Waals surface area contributed by atoms with Gasteiger partial charge in [-0.25, -0.2) is 4.98 Å². The van der Waals surface area contributed by atoms with Crippen LogP contribution in [0.1, 0.15) is 16.7 Å². The van der Waals surface area contributed by atoms with Crippen molar-refractivity contribution in [2.24, 2.45) is 4.99 Å². The van der Waals surface area contributed by atoms with Crippen molar-refractivity contribution in [2.75, 3.05) is 0 Å². The highest BCUT2D eigenvalue weighted by atomic mass is 15.0. The van der Waals surface area contributed by atoms with E-state index >= 15 is 0 Å². The Morgan fingerprint density at radius 3 is 2.13 bits per heavy atom. The average molecular weight is 388 g/mol. The number of rotatable bonds is 3. The van der Waals surface area contributed by atoms with Crippen molar-refractivity contribution in [3.05, 3.63) is 108 Å². The Morgan fingerprint density at radius 2 is 1.37 bits per heavy atom. The van der Waals surface area contributed by atoms with E-state index in [2.05, 4.69) is 97.3 Å². The number of aromatic nitrogens is 2. The van der Waals surface area contributed by atoms with Gasteiger partial charge in [0, 0.05) is 30.5 Å². The molecule has 0 amide bonds. The number of fused-ring (bicyclic) bond motifs is 2. The molecule has 5 aromatic rings. The van der Waals surface area contributed by atoms with Gasteiger partial charge in [0.25, 0.3) is 0 Å². The van der Waals surface area contributed by atoms with Gasteiger partial charge in [-0.3, -0.25) is 4.99 Å². The molecule has 144 valence electrons. The molecule has 0 aliphatic heterocycles. The molecule has 0 spiro atoms. The number of aryl methyl sites for hydroxylation is 2. The molecule has 3 nitrogen and oxygen atoms in total. The molecule has 30 heavy (non-hydrogen) atoms. The number of hydrogen-bond donors (Lipinski definition) is 0. The number of benzene rings is 4. The Bertz CT molecular complexity index is 1390. The van der Waals surface area contributed by atoms with Crippen molar-refractivity contribution in [1.82, 2.24) is 4.98 Å². The molecule has 4 aromatic carbocycles. The molecule has 0 atom stereocenters. The van der Waals surface area contributed by atoms with Gasteiger partial charge in [-0.05, 0) is 43.2 Å². The van der Waals surface area contributed by atoms with E-state index in [-0.39, 0.29) is 0 Å². The molecule has 0 fully saturated rings. The topological polar surface area (TPSA) is 29.1 Å². The Kier molecular flexibility index (Phi) is 4.56. The van der Waals surface area contributed by atoms with Crippen molar-refractivity contribution in [1.29, 1.82) is 0 Å². The third kappa shape index (κ3) is 3.46. The summed E-state index contributed by atoms with van der Waals surface area (Å²) in [6.45, 7) is 4.20. The van der Waals surface area contributed by atoms with Crippen molar-refractivity contribution in [3.63, 3.8) is 0 Å². The largest absolute Gasteiger partial charge is 0.256 e. The summed E-state index contributed by atoms with van der Waals surface area (Å²) in [5.74, 6) is 0. The minimum absolute atomic E-state index is 0.904. The van der Waals surface area contributed by atoms with Gasteiger partial charge in [-0.2, -0.15) is 0 Å². The summed E-state index contributed by atoms with van der Waals surface area (Å²) in [7, 11) is 0. The maximum Gasteiger partial charge on any atom is 0.239 e. The molecular formula is C27H22N3+. The van der Waals surface area contributed by atoms with Gasteiger partial charge in [0.1, 0.15) is 11.0 Å². The van der Waals surface area contributed by atoms with Gasteiger partial charge < -0.3 is 0 Å². The van der Waals surface area contributed by atoms with Crippen molar-refractivity contribution in [2.45, 2.75) is 13.8 Å². The van der Waals surface area contributed by atoms with Gasteiger partial charge in [-0.15, -0.1) is 4.57 Å². The molecule has 0 aliphatic rings. The number of para-hydroxylation sites is 1. The Balaban J connectivity index is 1.72. The molecule has 3 heteroatoms. The van der Waals surface area contributed by atoms with Gasteiger partial charge in [0.05, 0.1) is 5.69 Å². The van der Waals surface area contributed by atoms with E-state index in [1.807, 2.05) is 18.3 Å². The van der Waals surface area contributed by atoms with Crippen LogP contribution in [0.4, 0.5) is 5.69 Å². The highest BCUT2D eigenvalue weighted by molar-refractivity contribution is 5.86. The Labute approximate surface area is 176 Å². The van der Waals surface area contributed by atoms with E-state index in [9.17, 15) is 0 Å². The fourth-order valence-electron chi connectivity index (χ4n) is 3.69. The highest BCUT2D eigenvalue weighted by Crippen LogP contribution is 2.23. The molecule has 0 saturated carbocycles. The molecule has 0 aliphatic carbocycles. The maximum absolute atomic E-state index is 4.90. The summed E-state index contributed by atoms with van der Waals surface area (Å²) in [5, 5.41) is 0. The number of hydrogen-bond acceptors (Lipinski definition) is 2. The fourth-order valence-corrected chi connectivity index (χ4v) is 3.69. The quantitative estimate of drug-likeness (QED) is 0.211. The number of nitrogens with zero attached hydrogens (tertiary/aromatic N) is 3. The SMILES string of the molecule is Cc1ccc(C=Nc2ccc3nc4ccc(C)cc4[n+](-c4ccccc4)c3c2)cc1. The minimum atomic E-state index is 0.904. The van der Waals surface area contributed by atoms with Crippen LogP contribution in [-0.2, 0) is 0 Å². The zero-order chi connectivity index (χ0) is 20.5. The van der Waals surface area contributed by atoms with Crippen LogP contribution in [0.25, 0.3) is 27.8 Å². The molecule has 5 rings (SSSR count). The Hall–Kier alpha value is -3.85. The van der Waals surface area contributed by atoms with Crippen molar-refractivity contribution in [3.8, 4) is 5.69 Å². The van der Waals surface area contributed by atoms with Crippen LogP contribution in [-0.4, -0.2) is 11.2 Å². The van der Waals surface area contributed by atoms with Crippen LogP contribution in [0.5, 0.6) is 0 Å². The monoisotopic (exact) mass is 388 g/mol. The van der Waals surface area contributed by atoms with E-state index in [1.54, 1.807) is 0 Å². The van der Waals surface area contributed by atoms with Crippen LogP contribution in [0.15, 0.2) is 96.0 Å². The number of aliphatic imine (C=N–C) groups is 1. The van der Waals surface area contributed by atoms with Crippen LogP contribution in [0.3, 0.4) is 0 Å². The molecule has 0 unspecified atom stereocenters. The molecule has 0 bridgehead atoms. The third-order valence-corrected chi connectivity index (χ3v) is 5.27. The summed E-state index contributed by atoms with van der Waals surface area (Å²) in [4.78, 5) is 9.62. The lowest BCUT2D eigenvalue weighted by Gasteiger charge is -2.06. The van der Waals surface area contributed by atoms with E-state index in [0.717, 1.165) is 39.0 Å². The van der Waals surface area contributed by atoms with E-state index in [4.69, 9.17) is 9.98 Å². The van der Waals surface area contributed by atoms with Gasteiger partial charge >= 0.3 is 0 Å². The normalized spacial score (nSPS) is 11.5. The van der Waals surface area contributed by atoms with E-state index in [0.29, 0.717) is 0 Å². The van der Waals surface area contributed by atoms with E-state index in [1.165, 1.54) is 11.1 Å². The van der Waals surface area contributed by atoms with Crippen molar-refractivity contribution >= 4 is 34.0 Å². The summed E-state index contributed by atoms with van der Waals surface area (Å²) in [5.41, 5.74) is 9.62. The smallest absolute Gasteiger partial charge is 0.239 e. The zero-order valence-electron chi connectivity index (χ0n) is 17.1. The first-order valence-electron chi connectivity index (χ1n) is 10.1. The molecule has 0 N–H and O–H groups in total. The zero-order valence-corrected chi connectivity index (χ0v) is 17.1. The van der Waals surface area contributed by atoms with Gasteiger partial charge in [0.2, 0.25) is 16.7 Å². The molecule has 0 saturated heterocycles. The summed E-state index contributed by atoms with van der Waals surface area (Å²) in [6.07, 6.45) is 1.91. The van der Waals surface area contributed by atoms with Gasteiger partial charge in [-0.1, -0.05) is 54.1 Å². The van der Waals surface area contributed by atoms with Crippen molar-refractivity contribution < 1.29 is 4.57 Å². The average Bonchev–Trinajstić information content (AvgIpc) is 2.78. The summed E-state index contributed by atoms with van der Waals surface area (Å²) in [6, 6.07) is 31.4. The summed E-state index contributed by atoms with van der Waals surface area (Å²) >= 11 is 0. The second-order valence-corrected chi connectivity index (χ2v) is 7.62. The summed E-state index contributed by atoms with van der Waals surface area (Å²) < 4.78 is 2.27. The molecular weight excluding hydrogens is 366 g/mol. The first-order chi connectivity index (χ1) is 14.7. The standard InChI is InChI=1S/C27H22N3/c1-19-8-11-21(12-9-19)18-28-22-13-15-25-27(17-22)30(23-6-4-3-5-7-23)26-16-20(2)10-14-24(26)29-25/h3-18H,1-2H3/q+1. The first-order valence-corrected chi connectivity index (χ1v) is 10.1. The molecule has 0 radical (unpaired) electrons. The molecule has 1 heterocycles. The predicted molar refractivity (Wildman–Crippen MR) is 124 cm³/mol. The Morgan fingerprint density at radius 1 is 0.700 bits per heavy atom. The third-order valence-electron chi connectivity index (χ3n) is 5.27. The van der Waals surface area contributed by atoms with Crippen LogP contribution >= 0.6 is 0 Å². The molecule has 1 aromatic heterocycles. The second kappa shape index (κ2) is 7.53. The lowest BCUT2D eigenvalue weighted by Crippen LogP contribution is -2.33. The van der Waals surface area contributed by atoms with E-state index < -0.39 is 0 Å².